The minimum absolute atomic E-state index is 0.713. The zero-order chi connectivity index (χ0) is 17.2. The average Bonchev–Trinajstić information content (AvgIpc) is 2.96. The van der Waals surface area contributed by atoms with Crippen LogP contribution in [0.4, 0.5) is 0 Å². The molecule has 0 atom stereocenters. The van der Waals surface area contributed by atoms with Crippen LogP contribution in [-0.2, 0) is 13.0 Å². The molecule has 2 nitrogen and oxygen atoms in total. The van der Waals surface area contributed by atoms with Gasteiger partial charge in [-0.05, 0) is 41.5 Å². The van der Waals surface area contributed by atoms with Gasteiger partial charge in [-0.1, -0.05) is 70.0 Å². The summed E-state index contributed by atoms with van der Waals surface area (Å²) in [4.78, 5) is 4.86. The summed E-state index contributed by atoms with van der Waals surface area (Å²) in [6.07, 6.45) is 0.713. The van der Waals surface area contributed by atoms with Crippen LogP contribution in [0.15, 0.2) is 77.3 Å². The van der Waals surface area contributed by atoms with E-state index in [0.29, 0.717) is 6.42 Å². The molecule has 0 saturated carbocycles. The SMILES string of the molecule is Clc1ccccc1Cc1nc2ccccc2n1Cc1ccc(Br)cc1. The highest BCUT2D eigenvalue weighted by Gasteiger charge is 2.12. The van der Waals surface area contributed by atoms with Crippen LogP contribution in [0.3, 0.4) is 0 Å². The standard InChI is InChI=1S/C21H16BrClN2/c22-17-11-9-15(10-12-17)14-25-20-8-4-3-7-19(20)24-21(25)13-16-5-1-2-6-18(16)23/h1-12H,13-14H2. The minimum Gasteiger partial charge on any atom is -0.323 e. The van der Waals surface area contributed by atoms with Crippen molar-refractivity contribution in [3.8, 4) is 0 Å². The molecule has 0 unspecified atom stereocenters. The van der Waals surface area contributed by atoms with E-state index in [0.717, 1.165) is 38.5 Å². The highest BCUT2D eigenvalue weighted by Crippen LogP contribution is 2.23. The van der Waals surface area contributed by atoms with Gasteiger partial charge in [-0.15, -0.1) is 0 Å². The number of hydrogen-bond donors (Lipinski definition) is 0. The minimum atomic E-state index is 0.713. The Morgan fingerprint density at radius 3 is 2.40 bits per heavy atom. The van der Waals surface area contributed by atoms with Crippen LogP contribution >= 0.6 is 27.5 Å². The first-order valence-electron chi connectivity index (χ1n) is 8.13. The van der Waals surface area contributed by atoms with Gasteiger partial charge in [0.1, 0.15) is 5.82 Å². The molecule has 4 heteroatoms. The van der Waals surface area contributed by atoms with E-state index < -0.39 is 0 Å². The lowest BCUT2D eigenvalue weighted by Crippen LogP contribution is -2.06. The third-order valence-corrected chi connectivity index (χ3v) is 5.19. The molecule has 0 aliphatic heterocycles. The van der Waals surface area contributed by atoms with E-state index >= 15 is 0 Å². The Balaban J connectivity index is 1.78. The third-order valence-electron chi connectivity index (χ3n) is 4.29. The molecule has 4 aromatic rings. The summed E-state index contributed by atoms with van der Waals surface area (Å²) in [5, 5.41) is 0.782. The molecule has 0 spiro atoms. The number of imidazole rings is 1. The number of para-hydroxylation sites is 2. The number of halogens is 2. The lowest BCUT2D eigenvalue weighted by Gasteiger charge is -2.10. The van der Waals surface area contributed by atoms with E-state index in [1.165, 1.54) is 5.56 Å². The maximum Gasteiger partial charge on any atom is 0.114 e. The van der Waals surface area contributed by atoms with E-state index in [1.54, 1.807) is 0 Å². The largest absolute Gasteiger partial charge is 0.323 e. The van der Waals surface area contributed by atoms with Gasteiger partial charge in [-0.25, -0.2) is 4.98 Å². The summed E-state index contributed by atoms with van der Waals surface area (Å²) in [5.41, 5.74) is 4.50. The van der Waals surface area contributed by atoms with Crippen LogP contribution in [0.2, 0.25) is 5.02 Å². The molecule has 0 N–H and O–H groups in total. The zero-order valence-corrected chi connectivity index (χ0v) is 15.8. The maximum atomic E-state index is 6.36. The molecular weight excluding hydrogens is 396 g/mol. The van der Waals surface area contributed by atoms with Crippen LogP contribution < -0.4 is 0 Å². The van der Waals surface area contributed by atoms with Crippen LogP contribution in [0, 0.1) is 0 Å². The predicted molar refractivity (Wildman–Crippen MR) is 107 cm³/mol. The molecule has 1 heterocycles. The predicted octanol–water partition coefficient (Wildman–Crippen LogP) is 6.09. The van der Waals surface area contributed by atoms with Gasteiger partial charge >= 0.3 is 0 Å². The number of fused-ring (bicyclic) bond motifs is 1. The average molecular weight is 412 g/mol. The van der Waals surface area contributed by atoms with Gasteiger partial charge in [0.25, 0.3) is 0 Å². The monoisotopic (exact) mass is 410 g/mol. The van der Waals surface area contributed by atoms with Crippen molar-refractivity contribution in [2.24, 2.45) is 0 Å². The quantitative estimate of drug-likeness (QED) is 0.397. The first-order chi connectivity index (χ1) is 12.2. The Hall–Kier alpha value is -2.10. The van der Waals surface area contributed by atoms with E-state index in [9.17, 15) is 0 Å². The Morgan fingerprint density at radius 1 is 0.880 bits per heavy atom. The molecule has 0 aliphatic rings. The van der Waals surface area contributed by atoms with Crippen molar-refractivity contribution >= 4 is 38.6 Å². The number of nitrogens with zero attached hydrogens (tertiary/aromatic N) is 2. The summed E-state index contributed by atoms with van der Waals surface area (Å²) in [6.45, 7) is 0.785. The maximum absolute atomic E-state index is 6.36. The van der Waals surface area contributed by atoms with Crippen molar-refractivity contribution in [3.63, 3.8) is 0 Å². The van der Waals surface area contributed by atoms with Crippen LogP contribution in [0.1, 0.15) is 17.0 Å². The van der Waals surface area contributed by atoms with E-state index in [1.807, 2.05) is 24.3 Å². The second-order valence-corrected chi connectivity index (χ2v) is 7.32. The van der Waals surface area contributed by atoms with E-state index in [2.05, 4.69) is 69.0 Å². The fourth-order valence-corrected chi connectivity index (χ4v) is 3.49. The molecule has 0 bridgehead atoms. The lowest BCUT2D eigenvalue weighted by molar-refractivity contribution is 0.762. The summed E-state index contributed by atoms with van der Waals surface area (Å²) < 4.78 is 3.37. The van der Waals surface area contributed by atoms with Crippen molar-refractivity contribution < 1.29 is 0 Å². The molecule has 0 fully saturated rings. The first kappa shape index (κ1) is 16.4. The normalized spacial score (nSPS) is 11.1. The van der Waals surface area contributed by atoms with Crippen molar-refractivity contribution in [1.29, 1.82) is 0 Å². The second-order valence-electron chi connectivity index (χ2n) is 6.00. The lowest BCUT2D eigenvalue weighted by atomic mass is 10.1. The number of benzene rings is 3. The summed E-state index contributed by atoms with van der Waals surface area (Å²) >= 11 is 9.86. The highest BCUT2D eigenvalue weighted by molar-refractivity contribution is 9.10. The van der Waals surface area contributed by atoms with E-state index in [-0.39, 0.29) is 0 Å². The summed E-state index contributed by atoms with van der Waals surface area (Å²) in [6, 6.07) is 24.6. The summed E-state index contributed by atoms with van der Waals surface area (Å²) in [7, 11) is 0. The molecule has 25 heavy (non-hydrogen) atoms. The molecule has 4 rings (SSSR count). The smallest absolute Gasteiger partial charge is 0.114 e. The van der Waals surface area contributed by atoms with Gasteiger partial charge in [-0.3, -0.25) is 0 Å². The highest BCUT2D eigenvalue weighted by atomic mass is 79.9. The Kier molecular flexibility index (Phi) is 4.60. The number of hydrogen-bond acceptors (Lipinski definition) is 1. The Bertz CT molecular complexity index is 1020. The van der Waals surface area contributed by atoms with Crippen LogP contribution in [0.5, 0.6) is 0 Å². The molecule has 0 saturated heterocycles. The summed E-state index contributed by atoms with van der Waals surface area (Å²) in [5.74, 6) is 1.03. The zero-order valence-electron chi connectivity index (χ0n) is 13.5. The molecular formula is C21H16BrClN2. The second kappa shape index (κ2) is 7.03. The fourth-order valence-electron chi connectivity index (χ4n) is 3.02. The van der Waals surface area contributed by atoms with Crippen molar-refractivity contribution in [1.82, 2.24) is 9.55 Å². The number of aromatic nitrogens is 2. The first-order valence-corrected chi connectivity index (χ1v) is 9.30. The third kappa shape index (κ3) is 3.48. The molecule has 0 radical (unpaired) electrons. The van der Waals surface area contributed by atoms with Gasteiger partial charge in [0, 0.05) is 22.5 Å². The van der Waals surface area contributed by atoms with Gasteiger partial charge in [0.05, 0.1) is 11.0 Å². The Morgan fingerprint density at radius 2 is 1.60 bits per heavy atom. The molecule has 0 amide bonds. The van der Waals surface area contributed by atoms with Crippen molar-refractivity contribution in [3.05, 3.63) is 99.2 Å². The molecule has 3 aromatic carbocycles. The Labute approximate surface area is 160 Å². The molecule has 1 aromatic heterocycles. The topological polar surface area (TPSA) is 17.8 Å². The van der Waals surface area contributed by atoms with Crippen molar-refractivity contribution in [2.45, 2.75) is 13.0 Å². The molecule has 0 aliphatic carbocycles. The van der Waals surface area contributed by atoms with E-state index in [4.69, 9.17) is 16.6 Å². The van der Waals surface area contributed by atoms with Crippen LogP contribution in [0.25, 0.3) is 11.0 Å². The van der Waals surface area contributed by atoms with Gasteiger partial charge in [0.15, 0.2) is 0 Å². The van der Waals surface area contributed by atoms with Gasteiger partial charge in [-0.2, -0.15) is 0 Å². The van der Waals surface area contributed by atoms with Crippen molar-refractivity contribution in [2.75, 3.05) is 0 Å². The molecule has 124 valence electrons. The van der Waals surface area contributed by atoms with Gasteiger partial charge in [0.2, 0.25) is 0 Å². The fraction of sp³-hybridized carbons (Fsp3) is 0.0952. The number of rotatable bonds is 4. The van der Waals surface area contributed by atoms with Gasteiger partial charge < -0.3 is 4.57 Å². The van der Waals surface area contributed by atoms with Crippen LogP contribution in [-0.4, -0.2) is 9.55 Å².